The zero-order valence-electron chi connectivity index (χ0n) is 13.3. The van der Waals surface area contributed by atoms with Gasteiger partial charge in [0.05, 0.1) is 0 Å². The van der Waals surface area contributed by atoms with Crippen molar-refractivity contribution in [2.75, 3.05) is 10.2 Å². The fraction of sp³-hybridized carbons (Fsp3) is 0. The van der Waals surface area contributed by atoms with Crippen LogP contribution in [-0.4, -0.2) is 0 Å². The summed E-state index contributed by atoms with van der Waals surface area (Å²) in [7, 11) is -3.56. The first-order valence-corrected chi connectivity index (χ1v) is 10.3. The van der Waals surface area contributed by atoms with Gasteiger partial charge in [0, 0.05) is 26.4 Å². The minimum Gasteiger partial charge on any atom is -0.414 e. The Labute approximate surface area is 166 Å². The number of hydrogen-bond acceptors (Lipinski definition) is 2. The van der Waals surface area contributed by atoms with Crippen molar-refractivity contribution in [1.29, 1.82) is 0 Å². The van der Waals surface area contributed by atoms with E-state index in [1.807, 2.05) is 0 Å². The topological polar surface area (TPSA) is 50.4 Å². The average Bonchev–Trinajstić information content (AvgIpc) is 2.61. The zero-order chi connectivity index (χ0) is 18.6. The highest BCUT2D eigenvalue weighted by Crippen LogP contribution is 2.47. The van der Waals surface area contributed by atoms with Crippen molar-refractivity contribution in [2.45, 2.75) is 0 Å². The van der Waals surface area contributed by atoms with Gasteiger partial charge in [-0.25, -0.2) is 4.57 Å². The number of hydrogen-bond donors (Lipinski definition) is 2. The van der Waals surface area contributed by atoms with Gasteiger partial charge in [-0.3, -0.25) is 10.2 Å². The van der Waals surface area contributed by atoms with E-state index in [4.69, 9.17) is 39.3 Å². The molecule has 0 fully saturated rings. The molecule has 0 saturated heterocycles. The molecule has 0 amide bonds. The number of benzene rings is 3. The summed E-state index contributed by atoms with van der Waals surface area (Å²) in [6, 6.07) is 20.2. The molecule has 0 aromatic heterocycles. The minimum atomic E-state index is -3.56. The second-order valence-corrected chi connectivity index (χ2v) is 8.38. The molecule has 8 heteroatoms. The Balaban J connectivity index is 1.88. The standard InChI is InChI=1S/C18H14Cl3N2O2P/c19-13-1-7-16(8-2-13)22-26(24,23-17-9-3-14(20)4-10-17)25-18-11-5-15(21)6-12-18/h1-12H,(H2,22,23,24). The highest BCUT2D eigenvalue weighted by atomic mass is 35.5. The number of halogens is 3. The van der Waals surface area contributed by atoms with Crippen LogP contribution in [-0.2, 0) is 4.57 Å². The van der Waals surface area contributed by atoms with Crippen LogP contribution in [0.1, 0.15) is 0 Å². The summed E-state index contributed by atoms with van der Waals surface area (Å²) in [6.45, 7) is 0. The summed E-state index contributed by atoms with van der Waals surface area (Å²) in [6.07, 6.45) is 0. The largest absolute Gasteiger partial charge is 0.444 e. The molecule has 2 N–H and O–H groups in total. The lowest BCUT2D eigenvalue weighted by Crippen LogP contribution is -2.12. The average molecular weight is 428 g/mol. The van der Waals surface area contributed by atoms with Crippen LogP contribution >= 0.6 is 42.5 Å². The maximum Gasteiger partial charge on any atom is 0.444 e. The molecule has 0 unspecified atom stereocenters. The summed E-state index contributed by atoms with van der Waals surface area (Å²) in [5, 5.41) is 7.53. The van der Waals surface area contributed by atoms with E-state index >= 15 is 0 Å². The van der Waals surface area contributed by atoms with Gasteiger partial charge < -0.3 is 4.52 Å². The maximum absolute atomic E-state index is 13.4. The zero-order valence-corrected chi connectivity index (χ0v) is 16.5. The highest BCUT2D eigenvalue weighted by molar-refractivity contribution is 7.62. The predicted molar refractivity (Wildman–Crippen MR) is 110 cm³/mol. The smallest absolute Gasteiger partial charge is 0.414 e. The van der Waals surface area contributed by atoms with Crippen LogP contribution < -0.4 is 14.7 Å². The lowest BCUT2D eigenvalue weighted by atomic mass is 10.3. The summed E-state index contributed by atoms with van der Waals surface area (Å²) < 4.78 is 19.2. The van der Waals surface area contributed by atoms with Gasteiger partial charge >= 0.3 is 7.67 Å². The first kappa shape index (κ1) is 18.9. The van der Waals surface area contributed by atoms with Gasteiger partial charge in [0.15, 0.2) is 0 Å². The minimum absolute atomic E-state index is 0.403. The predicted octanol–water partition coefficient (Wildman–Crippen LogP) is 7.36. The fourth-order valence-corrected chi connectivity index (χ4v) is 4.03. The molecule has 4 nitrogen and oxygen atoms in total. The molecule has 0 atom stereocenters. The molecule has 0 aliphatic heterocycles. The van der Waals surface area contributed by atoms with Crippen molar-refractivity contribution >= 4 is 53.8 Å². The van der Waals surface area contributed by atoms with Crippen molar-refractivity contribution in [1.82, 2.24) is 0 Å². The second kappa shape index (κ2) is 8.24. The second-order valence-electron chi connectivity index (χ2n) is 5.33. The molecule has 0 aliphatic carbocycles. The van der Waals surface area contributed by atoms with Crippen LogP contribution in [0.15, 0.2) is 72.8 Å². The highest BCUT2D eigenvalue weighted by Gasteiger charge is 2.25. The lowest BCUT2D eigenvalue weighted by molar-refractivity contribution is 0.493. The molecule has 3 rings (SSSR count). The van der Waals surface area contributed by atoms with Crippen molar-refractivity contribution in [3.05, 3.63) is 87.9 Å². The lowest BCUT2D eigenvalue weighted by Gasteiger charge is -2.22. The monoisotopic (exact) mass is 426 g/mol. The van der Waals surface area contributed by atoms with Gasteiger partial charge in [0.2, 0.25) is 0 Å². The van der Waals surface area contributed by atoms with Gasteiger partial charge in [-0.05, 0) is 72.8 Å². The number of rotatable bonds is 6. The Morgan fingerprint density at radius 2 is 0.962 bits per heavy atom. The first-order chi connectivity index (χ1) is 12.4. The fourth-order valence-electron chi connectivity index (χ4n) is 2.11. The van der Waals surface area contributed by atoms with E-state index in [1.54, 1.807) is 72.8 Å². The molecule has 134 valence electrons. The van der Waals surface area contributed by atoms with Crippen LogP contribution in [0.2, 0.25) is 15.1 Å². The van der Waals surface area contributed by atoms with Crippen molar-refractivity contribution in [3.63, 3.8) is 0 Å². The molecular formula is C18H14Cl3N2O2P. The van der Waals surface area contributed by atoms with Crippen molar-refractivity contribution < 1.29 is 9.09 Å². The molecule has 0 heterocycles. The molecule has 0 saturated carbocycles. The van der Waals surface area contributed by atoms with Crippen LogP contribution in [0.25, 0.3) is 0 Å². The normalized spacial score (nSPS) is 11.0. The first-order valence-electron chi connectivity index (χ1n) is 7.55. The third-order valence-electron chi connectivity index (χ3n) is 3.29. The van der Waals surface area contributed by atoms with Gasteiger partial charge in [0.25, 0.3) is 0 Å². The van der Waals surface area contributed by atoms with Gasteiger partial charge in [0.1, 0.15) is 5.75 Å². The molecular weight excluding hydrogens is 414 g/mol. The van der Waals surface area contributed by atoms with E-state index < -0.39 is 7.67 Å². The molecule has 0 bridgehead atoms. The van der Waals surface area contributed by atoms with E-state index in [0.717, 1.165) is 0 Å². The summed E-state index contributed by atoms with van der Waals surface area (Å²) in [5.74, 6) is 0.403. The van der Waals surface area contributed by atoms with E-state index in [1.165, 1.54) is 0 Å². The summed E-state index contributed by atoms with van der Waals surface area (Å²) in [4.78, 5) is 0. The Bertz CT molecular complexity index is 794. The van der Waals surface area contributed by atoms with E-state index in [9.17, 15) is 4.57 Å². The third-order valence-corrected chi connectivity index (χ3v) is 5.62. The van der Waals surface area contributed by atoms with E-state index in [2.05, 4.69) is 10.2 Å². The molecule has 0 radical (unpaired) electrons. The van der Waals surface area contributed by atoms with Crippen LogP contribution in [0.5, 0.6) is 5.75 Å². The molecule has 26 heavy (non-hydrogen) atoms. The Kier molecular flexibility index (Phi) is 6.00. The Morgan fingerprint density at radius 3 is 1.35 bits per heavy atom. The van der Waals surface area contributed by atoms with Crippen LogP contribution in [0.4, 0.5) is 11.4 Å². The van der Waals surface area contributed by atoms with Crippen LogP contribution in [0, 0.1) is 0 Å². The van der Waals surface area contributed by atoms with E-state index in [-0.39, 0.29) is 0 Å². The quantitative estimate of drug-likeness (QED) is 0.404. The summed E-state index contributed by atoms with van der Waals surface area (Å²) >= 11 is 17.7. The van der Waals surface area contributed by atoms with Crippen molar-refractivity contribution in [2.24, 2.45) is 0 Å². The van der Waals surface area contributed by atoms with Gasteiger partial charge in [-0.1, -0.05) is 34.8 Å². The molecule has 0 aliphatic rings. The SMILES string of the molecule is O=P(Nc1ccc(Cl)cc1)(Nc1ccc(Cl)cc1)Oc1ccc(Cl)cc1. The Morgan fingerprint density at radius 1 is 0.615 bits per heavy atom. The van der Waals surface area contributed by atoms with Gasteiger partial charge in [-0.2, -0.15) is 0 Å². The number of anilines is 2. The van der Waals surface area contributed by atoms with Gasteiger partial charge in [-0.15, -0.1) is 0 Å². The maximum atomic E-state index is 13.4. The van der Waals surface area contributed by atoms with Crippen LogP contribution in [0.3, 0.4) is 0 Å². The number of nitrogens with one attached hydrogen (secondary N) is 2. The molecule has 3 aromatic rings. The Hall–Kier alpha value is -1.84. The summed E-state index contributed by atoms with van der Waals surface area (Å²) in [5.41, 5.74) is 1.18. The van der Waals surface area contributed by atoms with Crippen molar-refractivity contribution in [3.8, 4) is 5.75 Å². The molecule has 0 spiro atoms. The molecule has 3 aromatic carbocycles. The van der Waals surface area contributed by atoms with E-state index in [0.29, 0.717) is 32.2 Å². The third kappa shape index (κ3) is 5.33.